The highest BCUT2D eigenvalue weighted by atomic mass is 16.6. The molecule has 1 aromatic rings. The van der Waals surface area contributed by atoms with Crippen molar-refractivity contribution < 1.29 is 48.5 Å². The van der Waals surface area contributed by atoms with Crippen LogP contribution in [0.25, 0.3) is 0 Å². The molecule has 0 heterocycles. The maximum atomic E-state index is 12.6. The van der Waals surface area contributed by atoms with E-state index in [4.69, 9.17) is 5.11 Å². The summed E-state index contributed by atoms with van der Waals surface area (Å²) in [5, 5.41) is 44.6. The van der Waals surface area contributed by atoms with E-state index in [2.05, 4.69) is 31.9 Å². The number of carbonyl (C=O) groups is 7. The summed E-state index contributed by atoms with van der Waals surface area (Å²) in [6.45, 7) is 7.63. The van der Waals surface area contributed by atoms with Crippen molar-refractivity contribution in [3.05, 3.63) is 44.0 Å². The van der Waals surface area contributed by atoms with Gasteiger partial charge < -0.3 is 37.0 Å². The number of nitrogens with one attached hydrogen (secondary N) is 6. The Hall–Kier alpha value is -5.69. The Morgan fingerprint density at radius 1 is 0.533 bits per heavy atom. The van der Waals surface area contributed by atoms with Gasteiger partial charge in [0.2, 0.25) is 29.5 Å². The molecule has 0 aliphatic rings. The number of hydrogen-bond acceptors (Lipinski definition) is 11. The summed E-state index contributed by atoms with van der Waals surface area (Å²) in [5.41, 5.74) is -1.88. The Bertz CT molecular complexity index is 1350. The monoisotopic (exact) mass is 638 g/mol. The first kappa shape index (κ1) is 37.3. The van der Waals surface area contributed by atoms with E-state index in [1.165, 1.54) is 41.5 Å². The molecule has 0 saturated carbocycles. The molecule has 0 fully saturated rings. The molecule has 0 radical (unpaired) electrons. The van der Waals surface area contributed by atoms with Crippen molar-refractivity contribution in [1.82, 2.24) is 31.9 Å². The van der Waals surface area contributed by atoms with Crippen LogP contribution in [-0.2, 0) is 28.8 Å². The first-order valence-electron chi connectivity index (χ1n) is 13.2. The predicted octanol–water partition coefficient (Wildman–Crippen LogP) is -1.77. The highest BCUT2D eigenvalue weighted by molar-refractivity contribution is 5.99. The second-order valence-corrected chi connectivity index (χ2v) is 9.94. The van der Waals surface area contributed by atoms with E-state index in [1.807, 2.05) is 0 Å². The number of nitro groups is 2. The van der Waals surface area contributed by atoms with Gasteiger partial charge in [0.15, 0.2) is 0 Å². The van der Waals surface area contributed by atoms with Gasteiger partial charge >= 0.3 is 5.97 Å². The van der Waals surface area contributed by atoms with E-state index in [9.17, 15) is 53.8 Å². The summed E-state index contributed by atoms with van der Waals surface area (Å²) in [5.74, 6) is -6.35. The molecular weight excluding hydrogens is 604 g/mol. The van der Waals surface area contributed by atoms with Crippen LogP contribution in [0.1, 0.15) is 51.9 Å². The number of carboxylic acid groups (broad SMARTS) is 1. The number of aliphatic carboxylic acids is 1. The molecule has 0 aliphatic carbocycles. The Labute approximate surface area is 255 Å². The molecule has 20 heteroatoms. The fourth-order valence-corrected chi connectivity index (χ4v) is 3.30. The van der Waals surface area contributed by atoms with Gasteiger partial charge in [-0.05, 0) is 41.5 Å². The minimum atomic E-state index is -1.30. The summed E-state index contributed by atoms with van der Waals surface area (Å²) in [4.78, 5) is 106. The molecule has 0 bridgehead atoms. The first-order chi connectivity index (χ1) is 20.7. The van der Waals surface area contributed by atoms with Crippen molar-refractivity contribution in [1.29, 1.82) is 0 Å². The van der Waals surface area contributed by atoms with Gasteiger partial charge in [0.1, 0.15) is 36.3 Å². The zero-order valence-corrected chi connectivity index (χ0v) is 25.0. The molecule has 0 saturated heterocycles. The summed E-state index contributed by atoms with van der Waals surface area (Å²) >= 11 is 0. The van der Waals surface area contributed by atoms with Crippen LogP contribution >= 0.6 is 0 Å². The Kier molecular flexibility index (Phi) is 13.5. The van der Waals surface area contributed by atoms with Crippen molar-refractivity contribution in [2.24, 2.45) is 0 Å². The minimum Gasteiger partial charge on any atom is -0.480 e. The molecular formula is C25H34N8O12. The lowest BCUT2D eigenvalue weighted by Gasteiger charge is -2.22. The molecule has 7 N–H and O–H groups in total. The lowest BCUT2D eigenvalue weighted by atomic mass is 10.1. The number of rotatable bonds is 15. The van der Waals surface area contributed by atoms with Gasteiger partial charge in [0.25, 0.3) is 17.3 Å². The Balaban J connectivity index is 2.67. The molecule has 1 aromatic carbocycles. The average Bonchev–Trinajstić information content (AvgIpc) is 2.95. The van der Waals surface area contributed by atoms with E-state index in [1.54, 1.807) is 0 Å². The number of nitrogens with zero attached hydrogens (tertiary/aromatic N) is 2. The number of hydrogen-bond donors (Lipinski definition) is 7. The van der Waals surface area contributed by atoms with E-state index < -0.39 is 104 Å². The minimum absolute atomic E-state index is 0.449. The van der Waals surface area contributed by atoms with E-state index in [0.717, 1.165) is 12.1 Å². The van der Waals surface area contributed by atoms with Crippen molar-refractivity contribution in [2.75, 3.05) is 0 Å². The zero-order chi connectivity index (χ0) is 34.8. The van der Waals surface area contributed by atoms with Crippen LogP contribution in [0.3, 0.4) is 0 Å². The van der Waals surface area contributed by atoms with Crippen LogP contribution in [0.4, 0.5) is 11.4 Å². The molecule has 6 amide bonds. The van der Waals surface area contributed by atoms with Gasteiger partial charge in [0.05, 0.1) is 21.5 Å². The topological polar surface area (TPSA) is 298 Å². The predicted molar refractivity (Wildman–Crippen MR) is 152 cm³/mol. The molecule has 246 valence electrons. The zero-order valence-electron chi connectivity index (χ0n) is 25.0. The molecule has 45 heavy (non-hydrogen) atoms. The van der Waals surface area contributed by atoms with Crippen LogP contribution in [0.15, 0.2) is 18.2 Å². The summed E-state index contributed by atoms with van der Waals surface area (Å²) in [6, 6.07) is -4.99. The third-order valence-corrected chi connectivity index (χ3v) is 6.06. The highest BCUT2D eigenvalue weighted by Gasteiger charge is 2.28. The third kappa shape index (κ3) is 11.5. The standard InChI is InChI=1S/C25H34N8O12/c1-10(19(34)27-11(2)21(36)29-13(4)23(38)31-15(6)25(40)41)26-20(35)12(3)28-22(37)14(5)30-24(39)16-7-17(32(42)43)9-18(8-16)33(44)45/h7-15H,1-6H3,(H,26,35)(H,27,34)(H,28,37)(H,29,36)(H,30,39)(H,31,38)(H,40,41). The van der Waals surface area contributed by atoms with Gasteiger partial charge in [-0.2, -0.15) is 0 Å². The Morgan fingerprint density at radius 2 is 0.800 bits per heavy atom. The van der Waals surface area contributed by atoms with Crippen LogP contribution in [0.5, 0.6) is 0 Å². The van der Waals surface area contributed by atoms with Crippen LogP contribution in [-0.4, -0.2) is 92.6 Å². The fraction of sp³-hybridized carbons (Fsp3) is 0.480. The second-order valence-electron chi connectivity index (χ2n) is 9.94. The quantitative estimate of drug-likeness (QED) is 0.0829. The fourth-order valence-electron chi connectivity index (χ4n) is 3.30. The molecule has 1 rings (SSSR count). The van der Waals surface area contributed by atoms with E-state index in [0.29, 0.717) is 6.07 Å². The van der Waals surface area contributed by atoms with Crippen molar-refractivity contribution in [3.8, 4) is 0 Å². The maximum absolute atomic E-state index is 12.6. The third-order valence-electron chi connectivity index (χ3n) is 6.06. The molecule has 6 atom stereocenters. The number of carbonyl (C=O) groups excluding carboxylic acids is 6. The van der Waals surface area contributed by atoms with E-state index >= 15 is 0 Å². The summed E-state index contributed by atoms with van der Waals surface area (Å²) in [7, 11) is 0. The largest absolute Gasteiger partial charge is 0.480 e. The average molecular weight is 639 g/mol. The van der Waals surface area contributed by atoms with Gasteiger partial charge in [-0.15, -0.1) is 0 Å². The number of non-ortho nitro benzene ring substituents is 2. The SMILES string of the molecule is CC(NC(=O)C(C)NC(=O)C(C)NC(=O)C(C)NC(=O)C(C)NC(=O)C(C)NC(=O)c1cc([N+](=O)[O-])cc([N+](=O)[O-])c1)C(=O)O. The van der Waals surface area contributed by atoms with Crippen molar-refractivity contribution >= 4 is 52.8 Å². The molecule has 0 spiro atoms. The molecule has 20 nitrogen and oxygen atoms in total. The number of amides is 6. The van der Waals surface area contributed by atoms with Crippen molar-refractivity contribution in [2.45, 2.75) is 77.8 Å². The van der Waals surface area contributed by atoms with Crippen molar-refractivity contribution in [3.63, 3.8) is 0 Å². The summed E-state index contributed by atoms with van der Waals surface area (Å²) in [6.07, 6.45) is 0. The second kappa shape index (κ2) is 16.2. The molecule has 0 aliphatic heterocycles. The first-order valence-corrected chi connectivity index (χ1v) is 13.2. The van der Waals surface area contributed by atoms with Gasteiger partial charge in [0, 0.05) is 12.1 Å². The lowest BCUT2D eigenvalue weighted by Crippen LogP contribution is -2.57. The number of carboxylic acids is 1. The molecule has 6 unspecified atom stereocenters. The van der Waals surface area contributed by atoms with Gasteiger partial charge in [-0.25, -0.2) is 0 Å². The number of benzene rings is 1. The number of nitro benzene ring substituents is 2. The van der Waals surface area contributed by atoms with E-state index in [-0.39, 0.29) is 0 Å². The molecule has 0 aromatic heterocycles. The van der Waals surface area contributed by atoms with Crippen LogP contribution in [0, 0.1) is 20.2 Å². The van der Waals surface area contributed by atoms with Gasteiger partial charge in [-0.3, -0.25) is 53.8 Å². The van der Waals surface area contributed by atoms with Crippen LogP contribution < -0.4 is 31.9 Å². The van der Waals surface area contributed by atoms with Gasteiger partial charge in [-0.1, -0.05) is 0 Å². The Morgan fingerprint density at radius 3 is 1.07 bits per heavy atom. The summed E-state index contributed by atoms with van der Waals surface area (Å²) < 4.78 is 0. The highest BCUT2D eigenvalue weighted by Crippen LogP contribution is 2.22. The lowest BCUT2D eigenvalue weighted by molar-refractivity contribution is -0.394. The normalized spacial score (nSPS) is 14.5. The maximum Gasteiger partial charge on any atom is 0.325 e. The van der Waals surface area contributed by atoms with Crippen LogP contribution in [0.2, 0.25) is 0 Å². The smallest absolute Gasteiger partial charge is 0.325 e.